The molecule has 0 saturated heterocycles. The van der Waals surface area contributed by atoms with Crippen molar-refractivity contribution in [3.8, 4) is 0 Å². The number of fused-ring (bicyclic) bond motifs is 1. The van der Waals surface area contributed by atoms with Crippen molar-refractivity contribution in [1.29, 1.82) is 0 Å². The average molecular weight is 427 g/mol. The number of carbonyl (C=O) groups is 1. The van der Waals surface area contributed by atoms with Crippen molar-refractivity contribution in [3.63, 3.8) is 0 Å². The zero-order chi connectivity index (χ0) is 21.8. The molecule has 0 spiro atoms. The molecular weight excluding hydrogens is 397 g/mol. The number of carboxylic acid groups (broad SMARTS) is 1. The van der Waals surface area contributed by atoms with E-state index in [4.69, 9.17) is 0 Å². The first-order valence-corrected chi connectivity index (χ1v) is 12.4. The minimum atomic E-state index is -3.86. The van der Waals surface area contributed by atoms with E-state index in [1.54, 1.807) is 6.20 Å². The zero-order valence-corrected chi connectivity index (χ0v) is 18.4. The summed E-state index contributed by atoms with van der Waals surface area (Å²) in [5, 5.41) is 11.4. The number of benzene rings is 2. The van der Waals surface area contributed by atoms with E-state index in [2.05, 4.69) is 4.98 Å². The van der Waals surface area contributed by atoms with Gasteiger partial charge in [0.05, 0.1) is 5.66 Å². The number of aliphatic carboxylic acids is 1. The highest BCUT2D eigenvalue weighted by Crippen LogP contribution is 2.60. The first kappa shape index (κ1) is 22.3. The molecule has 0 aliphatic heterocycles. The third-order valence-electron chi connectivity index (χ3n) is 5.97. The van der Waals surface area contributed by atoms with Gasteiger partial charge >= 0.3 is 5.97 Å². The number of aromatic amines is 1. The van der Waals surface area contributed by atoms with Gasteiger partial charge in [0.1, 0.15) is 5.41 Å². The van der Waals surface area contributed by atoms with E-state index in [1.807, 2.05) is 68.4 Å². The molecule has 2 aromatic carbocycles. The molecule has 3 rings (SSSR count). The second-order valence-corrected chi connectivity index (χ2v) is 10.4. The van der Waals surface area contributed by atoms with Crippen LogP contribution in [0.2, 0.25) is 0 Å². The number of aromatic nitrogens is 1. The number of nitrogens with one attached hydrogen (secondary N) is 1. The largest absolute Gasteiger partial charge is 0.481 e. The molecule has 160 valence electrons. The van der Waals surface area contributed by atoms with Crippen LogP contribution in [-0.2, 0) is 20.9 Å². The number of rotatable bonds is 10. The summed E-state index contributed by atoms with van der Waals surface area (Å²) in [6.45, 7) is 3.86. The van der Waals surface area contributed by atoms with E-state index in [0.29, 0.717) is 31.2 Å². The van der Waals surface area contributed by atoms with E-state index in [9.17, 15) is 19.4 Å². The van der Waals surface area contributed by atoms with Crippen molar-refractivity contribution < 1.29 is 19.4 Å². The smallest absolute Gasteiger partial charge is 0.315 e. The van der Waals surface area contributed by atoms with Gasteiger partial charge < -0.3 is 15.0 Å². The Labute approximate surface area is 177 Å². The molecule has 5 nitrogen and oxygen atoms in total. The predicted molar refractivity (Wildman–Crippen MR) is 121 cm³/mol. The van der Waals surface area contributed by atoms with Crippen molar-refractivity contribution in [2.24, 2.45) is 0 Å². The number of hydrogen-bond donors (Lipinski definition) is 3. The molecular formula is C24H30NO4P. The lowest BCUT2D eigenvalue weighted by molar-refractivity contribution is -0.144. The van der Waals surface area contributed by atoms with E-state index >= 15 is 0 Å². The first-order valence-electron chi connectivity index (χ1n) is 10.5. The van der Waals surface area contributed by atoms with Crippen LogP contribution in [0, 0.1) is 0 Å². The van der Waals surface area contributed by atoms with Crippen molar-refractivity contribution >= 4 is 24.2 Å². The number of H-pyrrole nitrogens is 1. The van der Waals surface area contributed by atoms with Crippen LogP contribution in [0.3, 0.4) is 0 Å². The molecule has 1 aromatic heterocycles. The van der Waals surface area contributed by atoms with Crippen LogP contribution in [0.4, 0.5) is 0 Å². The number of carboxylic acids is 1. The van der Waals surface area contributed by atoms with Crippen molar-refractivity contribution in [1.82, 2.24) is 4.98 Å². The Balaban J connectivity index is 2.21. The lowest BCUT2D eigenvalue weighted by Gasteiger charge is -2.39. The standard InChI is InChI=1S/C24H30NO4P/c1-3-10-22(30(28,29)17-18-11-6-5-7-12-18)24(15-4-2,23(26)27)20-16-25-21-14-9-8-13-19(20)21/h5-9,11-14,16,22,25H,3-4,10,15,17H2,1-2H3,(H,26,27)(H,28,29). The lowest BCUT2D eigenvalue weighted by atomic mass is 9.72. The van der Waals surface area contributed by atoms with E-state index in [1.165, 1.54) is 0 Å². The highest BCUT2D eigenvalue weighted by atomic mass is 31.2. The monoisotopic (exact) mass is 427 g/mol. The molecule has 0 saturated carbocycles. The van der Waals surface area contributed by atoms with Crippen LogP contribution in [0.25, 0.3) is 10.9 Å². The molecule has 0 bridgehead atoms. The van der Waals surface area contributed by atoms with Crippen LogP contribution in [-0.4, -0.2) is 26.6 Å². The Morgan fingerprint density at radius 1 is 1.07 bits per heavy atom. The van der Waals surface area contributed by atoms with Gasteiger partial charge in [-0.25, -0.2) is 0 Å². The molecule has 6 heteroatoms. The molecule has 3 N–H and O–H groups in total. The molecule has 3 unspecified atom stereocenters. The molecule has 0 fully saturated rings. The molecule has 0 aliphatic rings. The van der Waals surface area contributed by atoms with E-state index in [-0.39, 0.29) is 6.16 Å². The summed E-state index contributed by atoms with van der Waals surface area (Å²) in [5.41, 5.74) is -0.136. The van der Waals surface area contributed by atoms with Gasteiger partial charge in [-0.1, -0.05) is 75.2 Å². The van der Waals surface area contributed by atoms with E-state index < -0.39 is 24.4 Å². The second kappa shape index (κ2) is 9.20. The maximum Gasteiger partial charge on any atom is 0.315 e. The second-order valence-electron chi connectivity index (χ2n) is 7.98. The fraction of sp³-hybridized carbons (Fsp3) is 0.375. The Hall–Kier alpha value is -2.36. The molecule has 1 heterocycles. The number of hydrogen-bond acceptors (Lipinski definition) is 2. The molecule has 0 radical (unpaired) electrons. The van der Waals surface area contributed by atoms with Crippen LogP contribution in [0.15, 0.2) is 60.8 Å². The number of para-hydroxylation sites is 1. The topological polar surface area (TPSA) is 90.4 Å². The van der Waals surface area contributed by atoms with Crippen LogP contribution >= 0.6 is 7.37 Å². The Morgan fingerprint density at radius 2 is 1.73 bits per heavy atom. The van der Waals surface area contributed by atoms with Crippen LogP contribution in [0.5, 0.6) is 0 Å². The summed E-state index contributed by atoms with van der Waals surface area (Å²) >= 11 is 0. The van der Waals surface area contributed by atoms with Crippen molar-refractivity contribution in [3.05, 3.63) is 71.9 Å². The van der Waals surface area contributed by atoms with Gasteiger partial charge in [0.15, 0.2) is 0 Å². The highest BCUT2D eigenvalue weighted by Gasteiger charge is 2.54. The van der Waals surface area contributed by atoms with Crippen LogP contribution in [0.1, 0.15) is 50.7 Å². The predicted octanol–water partition coefficient (Wildman–Crippen LogP) is 5.93. The average Bonchev–Trinajstić information content (AvgIpc) is 3.15. The maximum atomic E-state index is 13.8. The quantitative estimate of drug-likeness (QED) is 0.350. The molecule has 3 atom stereocenters. The van der Waals surface area contributed by atoms with Gasteiger partial charge in [0, 0.05) is 23.3 Å². The summed E-state index contributed by atoms with van der Waals surface area (Å²) in [4.78, 5) is 27.4. The first-order chi connectivity index (χ1) is 14.4. The highest BCUT2D eigenvalue weighted by molar-refractivity contribution is 7.58. The van der Waals surface area contributed by atoms with Gasteiger partial charge in [0.25, 0.3) is 0 Å². The molecule has 30 heavy (non-hydrogen) atoms. The Bertz CT molecular complexity index is 1050. The molecule has 3 aromatic rings. The lowest BCUT2D eigenvalue weighted by Crippen LogP contribution is -2.46. The third kappa shape index (κ3) is 4.10. The third-order valence-corrected chi connectivity index (χ3v) is 8.46. The summed E-state index contributed by atoms with van der Waals surface area (Å²) in [5.74, 6) is -1.03. The van der Waals surface area contributed by atoms with Crippen molar-refractivity contribution in [2.75, 3.05) is 0 Å². The molecule has 0 aliphatic carbocycles. The van der Waals surface area contributed by atoms with E-state index in [0.717, 1.165) is 16.5 Å². The van der Waals surface area contributed by atoms with Gasteiger partial charge in [-0.05, 0) is 30.0 Å². The summed E-state index contributed by atoms with van der Waals surface area (Å²) in [6.07, 6.45) is 3.59. The van der Waals surface area contributed by atoms with Crippen LogP contribution < -0.4 is 0 Å². The molecule has 0 amide bonds. The Morgan fingerprint density at radius 3 is 2.37 bits per heavy atom. The maximum absolute atomic E-state index is 13.8. The summed E-state index contributed by atoms with van der Waals surface area (Å²) in [6, 6.07) is 16.7. The fourth-order valence-corrected chi connectivity index (χ4v) is 7.38. The minimum absolute atomic E-state index is 0.0282. The summed E-state index contributed by atoms with van der Waals surface area (Å²) < 4.78 is 13.8. The summed E-state index contributed by atoms with van der Waals surface area (Å²) in [7, 11) is -3.86. The normalized spacial score (nSPS) is 16.6. The van der Waals surface area contributed by atoms with Gasteiger partial charge in [-0.2, -0.15) is 0 Å². The van der Waals surface area contributed by atoms with Gasteiger partial charge in [-0.3, -0.25) is 9.36 Å². The van der Waals surface area contributed by atoms with Crippen molar-refractivity contribution in [2.45, 2.75) is 56.8 Å². The Kier molecular flexibility index (Phi) is 6.84. The van der Waals surface area contributed by atoms with Gasteiger partial charge in [0.2, 0.25) is 7.37 Å². The fourth-order valence-electron chi connectivity index (χ4n) is 4.70. The SMILES string of the molecule is CCCC(C(CCC)(C(=O)O)c1c[nH]c2ccccc12)P(=O)(O)Cc1ccccc1. The minimum Gasteiger partial charge on any atom is -0.481 e. The van der Waals surface area contributed by atoms with Gasteiger partial charge in [-0.15, -0.1) is 0 Å². The zero-order valence-electron chi connectivity index (χ0n) is 17.5.